The van der Waals surface area contributed by atoms with Gasteiger partial charge in [-0.15, -0.1) is 0 Å². The highest BCUT2D eigenvalue weighted by Crippen LogP contribution is 2.45. The molecule has 0 spiro atoms. The molecule has 0 bridgehead atoms. The standard InChI is InChI=1S/C33H30N2/c1-19(2)27-23-11-7-6-9-21(23)17-25-30-29-20(15-16-34-30)13-14-24-28-22(18-33(3,4)5)10-8-12-26(28)35(31(24)29)32(25)27/h6-17,19H,18H2,1-5H3. The summed E-state index contributed by atoms with van der Waals surface area (Å²) in [5, 5.41) is 9.15. The normalized spacial score (nSPS) is 13.1. The summed E-state index contributed by atoms with van der Waals surface area (Å²) in [6.07, 6.45) is 3.02. The van der Waals surface area contributed by atoms with Crippen LogP contribution in [0.15, 0.2) is 72.9 Å². The number of pyridine rings is 2. The second-order valence-corrected chi connectivity index (χ2v) is 11.7. The smallest absolute Gasteiger partial charge is 0.0823 e. The van der Waals surface area contributed by atoms with Gasteiger partial charge in [-0.25, -0.2) is 0 Å². The lowest BCUT2D eigenvalue weighted by Gasteiger charge is -2.19. The SMILES string of the molecule is CC(C)c1c2ccccc2cc2c3nccc4ccc5c6c(CC(C)(C)C)cccc6n(c12)c5c43. The Morgan fingerprint density at radius 1 is 0.771 bits per heavy atom. The lowest BCUT2D eigenvalue weighted by atomic mass is 9.86. The third-order valence-corrected chi connectivity index (χ3v) is 7.61. The van der Waals surface area contributed by atoms with Crippen molar-refractivity contribution in [3.8, 4) is 0 Å². The zero-order valence-electron chi connectivity index (χ0n) is 21.1. The molecule has 7 aromatic rings. The lowest BCUT2D eigenvalue weighted by molar-refractivity contribution is 0.413. The van der Waals surface area contributed by atoms with Gasteiger partial charge in [0.05, 0.1) is 22.1 Å². The number of rotatable bonds is 2. The van der Waals surface area contributed by atoms with Crippen molar-refractivity contribution in [2.45, 2.75) is 47.0 Å². The first-order chi connectivity index (χ1) is 16.8. The van der Waals surface area contributed by atoms with Crippen molar-refractivity contribution < 1.29 is 0 Å². The topological polar surface area (TPSA) is 17.3 Å². The lowest BCUT2D eigenvalue weighted by Crippen LogP contribution is -2.09. The average molecular weight is 455 g/mol. The summed E-state index contributed by atoms with van der Waals surface area (Å²) >= 11 is 0. The molecule has 0 unspecified atom stereocenters. The second-order valence-electron chi connectivity index (χ2n) is 11.7. The molecule has 0 aliphatic carbocycles. The maximum atomic E-state index is 5.01. The van der Waals surface area contributed by atoms with Crippen LogP contribution in [0.2, 0.25) is 0 Å². The van der Waals surface area contributed by atoms with Gasteiger partial charge in [-0.2, -0.15) is 0 Å². The van der Waals surface area contributed by atoms with Gasteiger partial charge in [0.25, 0.3) is 0 Å². The Balaban J connectivity index is 1.86. The van der Waals surface area contributed by atoms with Crippen molar-refractivity contribution in [1.82, 2.24) is 9.38 Å². The highest BCUT2D eigenvalue weighted by atomic mass is 14.9. The van der Waals surface area contributed by atoms with E-state index in [4.69, 9.17) is 4.98 Å². The third-order valence-electron chi connectivity index (χ3n) is 7.61. The molecule has 7 rings (SSSR count). The Kier molecular flexibility index (Phi) is 4.11. The van der Waals surface area contributed by atoms with Gasteiger partial charge in [-0.3, -0.25) is 4.98 Å². The second kappa shape index (κ2) is 6.95. The van der Waals surface area contributed by atoms with Crippen LogP contribution in [0.4, 0.5) is 0 Å². The summed E-state index contributed by atoms with van der Waals surface area (Å²) in [4.78, 5) is 5.01. The molecule has 2 heteroatoms. The van der Waals surface area contributed by atoms with Crippen LogP contribution < -0.4 is 0 Å². The van der Waals surface area contributed by atoms with E-state index in [1.165, 1.54) is 65.4 Å². The van der Waals surface area contributed by atoms with Crippen molar-refractivity contribution >= 4 is 59.8 Å². The molecule has 0 saturated heterocycles. The molecule has 0 radical (unpaired) electrons. The fourth-order valence-corrected chi connectivity index (χ4v) is 6.42. The molecule has 3 heterocycles. The Labute approximate surface area is 205 Å². The fraction of sp³-hybridized carbons (Fsp3) is 0.242. The molecule has 2 nitrogen and oxygen atoms in total. The minimum atomic E-state index is 0.212. The predicted molar refractivity (Wildman–Crippen MR) is 151 cm³/mol. The molecular formula is C33H30N2. The van der Waals surface area contributed by atoms with E-state index >= 15 is 0 Å². The zero-order valence-corrected chi connectivity index (χ0v) is 21.1. The van der Waals surface area contributed by atoms with E-state index in [9.17, 15) is 0 Å². The Morgan fingerprint density at radius 2 is 1.60 bits per heavy atom. The first-order valence-electron chi connectivity index (χ1n) is 12.7. The molecule has 4 aromatic carbocycles. The Morgan fingerprint density at radius 3 is 2.40 bits per heavy atom. The van der Waals surface area contributed by atoms with Crippen LogP contribution in [0.1, 0.15) is 51.7 Å². The summed E-state index contributed by atoms with van der Waals surface area (Å²) in [5.41, 5.74) is 8.09. The van der Waals surface area contributed by atoms with Gasteiger partial charge in [0.15, 0.2) is 0 Å². The predicted octanol–water partition coefficient (Wildman–Crippen LogP) is 9.25. The molecule has 3 aromatic heterocycles. The molecular weight excluding hydrogens is 424 g/mol. The number of nitrogens with zero attached hydrogens (tertiary/aromatic N) is 2. The van der Waals surface area contributed by atoms with Crippen LogP contribution in [-0.2, 0) is 6.42 Å². The summed E-state index contributed by atoms with van der Waals surface area (Å²) in [6.45, 7) is 11.6. The van der Waals surface area contributed by atoms with E-state index in [1.807, 2.05) is 6.20 Å². The van der Waals surface area contributed by atoms with Crippen molar-refractivity contribution in [1.29, 1.82) is 0 Å². The van der Waals surface area contributed by atoms with E-state index < -0.39 is 0 Å². The van der Waals surface area contributed by atoms with E-state index in [-0.39, 0.29) is 5.41 Å². The largest absolute Gasteiger partial charge is 0.308 e. The van der Waals surface area contributed by atoms with Crippen LogP contribution >= 0.6 is 0 Å². The van der Waals surface area contributed by atoms with Gasteiger partial charge in [0, 0.05) is 27.7 Å². The molecule has 0 atom stereocenters. The van der Waals surface area contributed by atoms with Gasteiger partial charge < -0.3 is 4.40 Å². The van der Waals surface area contributed by atoms with Gasteiger partial charge in [-0.05, 0) is 63.2 Å². The summed E-state index contributed by atoms with van der Waals surface area (Å²) < 4.78 is 2.57. The van der Waals surface area contributed by atoms with Crippen LogP contribution in [-0.4, -0.2) is 9.38 Å². The number of aromatic nitrogens is 2. The first-order valence-corrected chi connectivity index (χ1v) is 12.7. The van der Waals surface area contributed by atoms with E-state index in [0.29, 0.717) is 5.92 Å². The van der Waals surface area contributed by atoms with E-state index in [0.717, 1.165) is 11.9 Å². The molecule has 0 amide bonds. The molecule has 0 aliphatic rings. The van der Waals surface area contributed by atoms with Crippen LogP contribution in [0, 0.1) is 5.41 Å². The zero-order chi connectivity index (χ0) is 24.1. The number of benzene rings is 4. The van der Waals surface area contributed by atoms with E-state index in [1.54, 1.807) is 0 Å². The average Bonchev–Trinajstić information content (AvgIpc) is 3.17. The van der Waals surface area contributed by atoms with Gasteiger partial charge >= 0.3 is 0 Å². The van der Waals surface area contributed by atoms with Crippen molar-refractivity contribution in [2.75, 3.05) is 0 Å². The summed E-state index contributed by atoms with van der Waals surface area (Å²) in [5.74, 6) is 0.379. The molecule has 0 aliphatic heterocycles. The van der Waals surface area contributed by atoms with Crippen LogP contribution in [0.25, 0.3) is 59.8 Å². The van der Waals surface area contributed by atoms with Crippen molar-refractivity contribution in [2.24, 2.45) is 5.41 Å². The Hall–Kier alpha value is -3.65. The van der Waals surface area contributed by atoms with Crippen LogP contribution in [0.3, 0.4) is 0 Å². The molecule has 0 N–H and O–H groups in total. The highest BCUT2D eigenvalue weighted by Gasteiger charge is 2.24. The van der Waals surface area contributed by atoms with Gasteiger partial charge in [-0.1, -0.05) is 83.1 Å². The number of hydrogen-bond donors (Lipinski definition) is 0. The van der Waals surface area contributed by atoms with Gasteiger partial charge in [0.2, 0.25) is 0 Å². The van der Waals surface area contributed by atoms with Crippen molar-refractivity contribution in [3.05, 3.63) is 84.1 Å². The van der Waals surface area contributed by atoms with Crippen LogP contribution in [0.5, 0.6) is 0 Å². The minimum Gasteiger partial charge on any atom is -0.308 e. The van der Waals surface area contributed by atoms with Gasteiger partial charge in [0.1, 0.15) is 0 Å². The monoisotopic (exact) mass is 454 g/mol. The number of fused-ring (bicyclic) bond motifs is 7. The summed E-state index contributed by atoms with van der Waals surface area (Å²) in [7, 11) is 0. The van der Waals surface area contributed by atoms with Crippen molar-refractivity contribution in [3.63, 3.8) is 0 Å². The Bertz CT molecular complexity index is 1930. The maximum absolute atomic E-state index is 5.01. The minimum absolute atomic E-state index is 0.212. The quantitative estimate of drug-likeness (QED) is 0.188. The number of hydrogen-bond acceptors (Lipinski definition) is 1. The molecule has 35 heavy (non-hydrogen) atoms. The molecule has 0 saturated carbocycles. The molecule has 172 valence electrons. The summed E-state index contributed by atoms with van der Waals surface area (Å²) in [6, 6.07) is 24.9. The first kappa shape index (κ1) is 20.7. The maximum Gasteiger partial charge on any atom is 0.0823 e. The third kappa shape index (κ3) is 2.80. The fourth-order valence-electron chi connectivity index (χ4n) is 6.42. The molecule has 0 fully saturated rings. The highest BCUT2D eigenvalue weighted by molar-refractivity contribution is 6.29. The van der Waals surface area contributed by atoms with E-state index in [2.05, 4.69) is 106 Å².